The van der Waals surface area contributed by atoms with E-state index in [2.05, 4.69) is 17.5 Å². The van der Waals surface area contributed by atoms with Crippen molar-refractivity contribution in [3.8, 4) is 17.2 Å². The molecule has 0 atom stereocenters. The standard InChI is InChI=1S/C21H26N2O4/c1-3-5-6-13-27-19-12-7-16(14-20(19)26-4-2)15-22-23-21(25)17-8-10-18(24)11-9-17/h7-12,14-15,24H,3-6,13H2,1-2H3,(H,23,25)/b22-15+. The fraction of sp³-hybridized carbons (Fsp3) is 0.333. The van der Waals surface area contributed by atoms with Gasteiger partial charge in [0.25, 0.3) is 5.91 Å². The van der Waals surface area contributed by atoms with Gasteiger partial charge in [-0.25, -0.2) is 5.43 Å². The van der Waals surface area contributed by atoms with E-state index in [4.69, 9.17) is 9.47 Å². The summed E-state index contributed by atoms with van der Waals surface area (Å²) in [6.45, 7) is 5.26. The van der Waals surface area contributed by atoms with Crippen molar-refractivity contribution in [2.75, 3.05) is 13.2 Å². The molecule has 6 heteroatoms. The second-order valence-electron chi connectivity index (χ2n) is 5.94. The van der Waals surface area contributed by atoms with E-state index in [1.165, 1.54) is 24.3 Å². The van der Waals surface area contributed by atoms with Crippen LogP contribution in [0, 0.1) is 0 Å². The molecule has 6 nitrogen and oxygen atoms in total. The summed E-state index contributed by atoms with van der Waals surface area (Å²) < 4.78 is 11.4. The predicted octanol–water partition coefficient (Wildman–Crippen LogP) is 4.12. The second kappa shape index (κ2) is 10.9. The molecule has 1 amide bonds. The number of unbranched alkanes of at least 4 members (excludes halogenated alkanes) is 2. The number of carbonyl (C=O) groups excluding carboxylic acids is 1. The number of benzene rings is 2. The largest absolute Gasteiger partial charge is 0.508 e. The number of hydrogen-bond donors (Lipinski definition) is 2. The maximum atomic E-state index is 12.0. The number of ether oxygens (including phenoxy) is 2. The van der Waals surface area contributed by atoms with Gasteiger partial charge in [0.15, 0.2) is 11.5 Å². The summed E-state index contributed by atoms with van der Waals surface area (Å²) in [4.78, 5) is 12.0. The molecule has 0 radical (unpaired) electrons. The van der Waals surface area contributed by atoms with Crippen LogP contribution in [0.4, 0.5) is 0 Å². The predicted molar refractivity (Wildman–Crippen MR) is 106 cm³/mol. The summed E-state index contributed by atoms with van der Waals surface area (Å²) >= 11 is 0. The minimum Gasteiger partial charge on any atom is -0.508 e. The maximum Gasteiger partial charge on any atom is 0.271 e. The van der Waals surface area contributed by atoms with Crippen molar-refractivity contribution < 1.29 is 19.4 Å². The molecule has 0 aliphatic heterocycles. The third kappa shape index (κ3) is 6.66. The van der Waals surface area contributed by atoms with Crippen molar-refractivity contribution >= 4 is 12.1 Å². The molecule has 0 aromatic heterocycles. The molecule has 0 aliphatic rings. The Kier molecular flexibility index (Phi) is 8.16. The van der Waals surface area contributed by atoms with E-state index < -0.39 is 0 Å². The first kappa shape index (κ1) is 20.3. The van der Waals surface area contributed by atoms with Gasteiger partial charge in [0.1, 0.15) is 5.75 Å². The van der Waals surface area contributed by atoms with Gasteiger partial charge < -0.3 is 14.6 Å². The fourth-order valence-corrected chi connectivity index (χ4v) is 2.37. The average molecular weight is 370 g/mol. The van der Waals surface area contributed by atoms with Crippen LogP contribution in [0.2, 0.25) is 0 Å². The van der Waals surface area contributed by atoms with Gasteiger partial charge in [0, 0.05) is 5.56 Å². The number of phenols is 1. The summed E-state index contributed by atoms with van der Waals surface area (Å²) in [5.41, 5.74) is 3.65. The fourth-order valence-electron chi connectivity index (χ4n) is 2.37. The highest BCUT2D eigenvalue weighted by Crippen LogP contribution is 2.28. The SMILES string of the molecule is CCCCCOc1ccc(/C=N/NC(=O)c2ccc(O)cc2)cc1OCC. The Bertz CT molecular complexity index is 757. The first-order valence-corrected chi connectivity index (χ1v) is 9.16. The van der Waals surface area contributed by atoms with E-state index >= 15 is 0 Å². The molecule has 27 heavy (non-hydrogen) atoms. The summed E-state index contributed by atoms with van der Waals surface area (Å²) in [5.74, 6) is 1.11. The van der Waals surface area contributed by atoms with Crippen LogP contribution in [-0.4, -0.2) is 30.4 Å². The minimum absolute atomic E-state index is 0.107. The van der Waals surface area contributed by atoms with Gasteiger partial charge in [-0.15, -0.1) is 0 Å². The number of rotatable bonds is 10. The molecular formula is C21H26N2O4. The number of amides is 1. The van der Waals surface area contributed by atoms with E-state index in [-0.39, 0.29) is 11.7 Å². The van der Waals surface area contributed by atoms with Crippen LogP contribution in [-0.2, 0) is 0 Å². The Morgan fingerprint density at radius 3 is 2.56 bits per heavy atom. The molecule has 0 spiro atoms. The van der Waals surface area contributed by atoms with Crippen LogP contribution in [0.5, 0.6) is 17.2 Å². The van der Waals surface area contributed by atoms with Crippen LogP contribution in [0.3, 0.4) is 0 Å². The van der Waals surface area contributed by atoms with Crippen molar-refractivity contribution in [1.82, 2.24) is 5.43 Å². The van der Waals surface area contributed by atoms with Crippen molar-refractivity contribution in [3.63, 3.8) is 0 Å². The Balaban J connectivity index is 1.98. The highest BCUT2D eigenvalue weighted by molar-refractivity contribution is 5.95. The molecule has 0 fully saturated rings. The van der Waals surface area contributed by atoms with Crippen LogP contribution >= 0.6 is 0 Å². The minimum atomic E-state index is -0.354. The van der Waals surface area contributed by atoms with Crippen molar-refractivity contribution in [1.29, 1.82) is 0 Å². The molecule has 2 rings (SSSR count). The normalized spacial score (nSPS) is 10.7. The van der Waals surface area contributed by atoms with Crippen LogP contribution in [0.1, 0.15) is 49.0 Å². The van der Waals surface area contributed by atoms with Gasteiger partial charge in [-0.1, -0.05) is 19.8 Å². The number of hydrogen-bond acceptors (Lipinski definition) is 5. The zero-order chi connectivity index (χ0) is 19.5. The van der Waals surface area contributed by atoms with Crippen LogP contribution < -0.4 is 14.9 Å². The smallest absolute Gasteiger partial charge is 0.271 e. The molecular weight excluding hydrogens is 344 g/mol. The van der Waals surface area contributed by atoms with Crippen molar-refractivity contribution in [3.05, 3.63) is 53.6 Å². The topological polar surface area (TPSA) is 80.2 Å². The quantitative estimate of drug-likeness (QED) is 0.374. The molecule has 0 saturated heterocycles. The molecule has 2 N–H and O–H groups in total. The number of hydrazone groups is 1. The first-order chi connectivity index (χ1) is 13.1. The van der Waals surface area contributed by atoms with E-state index in [1.54, 1.807) is 6.21 Å². The summed E-state index contributed by atoms with van der Waals surface area (Å²) in [6, 6.07) is 11.5. The van der Waals surface area contributed by atoms with E-state index in [1.807, 2.05) is 25.1 Å². The molecule has 0 aliphatic carbocycles. The highest BCUT2D eigenvalue weighted by atomic mass is 16.5. The Morgan fingerprint density at radius 1 is 1.07 bits per heavy atom. The lowest BCUT2D eigenvalue weighted by Crippen LogP contribution is -2.17. The highest BCUT2D eigenvalue weighted by Gasteiger charge is 2.07. The molecule has 0 bridgehead atoms. The van der Waals surface area contributed by atoms with Crippen molar-refractivity contribution in [2.45, 2.75) is 33.1 Å². The Labute approximate surface area is 159 Å². The summed E-state index contributed by atoms with van der Waals surface area (Å²) in [7, 11) is 0. The first-order valence-electron chi connectivity index (χ1n) is 9.16. The van der Waals surface area contributed by atoms with Gasteiger partial charge in [-0.05, 0) is 61.4 Å². The molecule has 0 saturated carbocycles. The van der Waals surface area contributed by atoms with Gasteiger partial charge in [0.05, 0.1) is 19.4 Å². The van der Waals surface area contributed by atoms with Crippen LogP contribution in [0.15, 0.2) is 47.6 Å². The number of nitrogens with one attached hydrogen (secondary N) is 1. The van der Waals surface area contributed by atoms with Gasteiger partial charge in [-0.2, -0.15) is 5.10 Å². The molecule has 144 valence electrons. The number of phenolic OH excluding ortho intramolecular Hbond substituents is 1. The number of aromatic hydroxyl groups is 1. The Hall–Kier alpha value is -3.02. The lowest BCUT2D eigenvalue weighted by molar-refractivity contribution is 0.0955. The third-order valence-electron chi connectivity index (χ3n) is 3.78. The molecule has 2 aromatic carbocycles. The average Bonchev–Trinajstić information content (AvgIpc) is 2.67. The maximum absolute atomic E-state index is 12.0. The lowest BCUT2D eigenvalue weighted by atomic mass is 10.2. The summed E-state index contributed by atoms with van der Waals surface area (Å²) in [5, 5.41) is 13.2. The molecule has 0 unspecified atom stereocenters. The second-order valence-corrected chi connectivity index (χ2v) is 5.94. The van der Waals surface area contributed by atoms with E-state index in [9.17, 15) is 9.90 Å². The molecule has 0 heterocycles. The van der Waals surface area contributed by atoms with Crippen molar-refractivity contribution in [2.24, 2.45) is 5.10 Å². The zero-order valence-corrected chi connectivity index (χ0v) is 15.8. The summed E-state index contributed by atoms with van der Waals surface area (Å²) in [6.07, 6.45) is 4.83. The lowest BCUT2D eigenvalue weighted by Gasteiger charge is -2.12. The van der Waals surface area contributed by atoms with Gasteiger partial charge in [0.2, 0.25) is 0 Å². The monoisotopic (exact) mass is 370 g/mol. The third-order valence-corrected chi connectivity index (χ3v) is 3.78. The molecule has 2 aromatic rings. The van der Waals surface area contributed by atoms with E-state index in [0.29, 0.717) is 30.3 Å². The van der Waals surface area contributed by atoms with Crippen LogP contribution in [0.25, 0.3) is 0 Å². The number of nitrogens with zero attached hydrogens (tertiary/aromatic N) is 1. The Morgan fingerprint density at radius 2 is 1.85 bits per heavy atom. The van der Waals surface area contributed by atoms with E-state index in [0.717, 1.165) is 24.8 Å². The van der Waals surface area contributed by atoms with Gasteiger partial charge >= 0.3 is 0 Å². The number of carbonyl (C=O) groups is 1. The van der Waals surface area contributed by atoms with Gasteiger partial charge in [-0.3, -0.25) is 4.79 Å². The zero-order valence-electron chi connectivity index (χ0n) is 15.8.